The van der Waals surface area contributed by atoms with Crippen molar-refractivity contribution in [2.75, 3.05) is 5.33 Å². The normalized spacial score (nSPS) is 13.0. The van der Waals surface area contributed by atoms with E-state index < -0.39 is 6.10 Å². The lowest BCUT2D eigenvalue weighted by Crippen LogP contribution is -2.01. The van der Waals surface area contributed by atoms with E-state index in [1.807, 2.05) is 19.1 Å². The van der Waals surface area contributed by atoms with Gasteiger partial charge in [-0.3, -0.25) is 4.98 Å². The maximum absolute atomic E-state index is 9.42. The number of pyridine rings is 1. The molecular formula is C8H10BrNO. The monoisotopic (exact) mass is 215 g/mol. The molecule has 1 rings (SSSR count). The second-order valence-corrected chi connectivity index (χ2v) is 3.00. The molecule has 0 saturated carbocycles. The molecule has 11 heavy (non-hydrogen) atoms. The van der Waals surface area contributed by atoms with Gasteiger partial charge in [0.2, 0.25) is 0 Å². The third-order valence-corrected chi connectivity index (χ3v) is 2.17. The number of alkyl halides is 1. The fourth-order valence-corrected chi connectivity index (χ4v) is 1.28. The van der Waals surface area contributed by atoms with Crippen molar-refractivity contribution >= 4 is 15.9 Å². The van der Waals surface area contributed by atoms with Crippen LogP contribution in [0, 0.1) is 6.92 Å². The second kappa shape index (κ2) is 3.83. The number of rotatable bonds is 2. The molecule has 0 spiro atoms. The summed E-state index contributed by atoms with van der Waals surface area (Å²) in [6, 6.07) is 3.71. The first-order valence-corrected chi connectivity index (χ1v) is 4.53. The van der Waals surface area contributed by atoms with Gasteiger partial charge in [0.15, 0.2) is 0 Å². The van der Waals surface area contributed by atoms with Crippen LogP contribution in [-0.4, -0.2) is 15.4 Å². The highest BCUT2D eigenvalue weighted by molar-refractivity contribution is 9.09. The Morgan fingerprint density at radius 1 is 1.73 bits per heavy atom. The minimum Gasteiger partial charge on any atom is -0.387 e. The number of aliphatic hydroxyl groups excluding tert-OH is 1. The first kappa shape index (κ1) is 8.68. The molecule has 2 nitrogen and oxygen atoms in total. The summed E-state index contributed by atoms with van der Waals surface area (Å²) in [7, 11) is 0. The Hall–Kier alpha value is -0.410. The van der Waals surface area contributed by atoms with Crippen LogP contribution in [0.25, 0.3) is 0 Å². The summed E-state index contributed by atoms with van der Waals surface area (Å²) in [5.74, 6) is 0. The Kier molecular flexibility index (Phi) is 3.02. The summed E-state index contributed by atoms with van der Waals surface area (Å²) < 4.78 is 0. The maximum atomic E-state index is 9.42. The Labute approximate surface area is 74.4 Å². The van der Waals surface area contributed by atoms with Gasteiger partial charge in [0.1, 0.15) is 0 Å². The van der Waals surface area contributed by atoms with Crippen molar-refractivity contribution in [1.29, 1.82) is 0 Å². The lowest BCUT2D eigenvalue weighted by Gasteiger charge is -2.08. The first-order valence-electron chi connectivity index (χ1n) is 3.41. The summed E-state index contributed by atoms with van der Waals surface area (Å²) in [5.41, 5.74) is 1.78. The van der Waals surface area contributed by atoms with Gasteiger partial charge in [-0.25, -0.2) is 0 Å². The average molecular weight is 216 g/mol. The molecule has 0 fully saturated rings. The molecule has 1 atom stereocenters. The molecule has 0 saturated heterocycles. The fraction of sp³-hybridized carbons (Fsp3) is 0.375. The van der Waals surface area contributed by atoms with E-state index in [9.17, 15) is 5.11 Å². The molecule has 0 aromatic carbocycles. The minimum atomic E-state index is -0.441. The van der Waals surface area contributed by atoms with Crippen LogP contribution < -0.4 is 0 Å². The zero-order valence-electron chi connectivity index (χ0n) is 6.29. The van der Waals surface area contributed by atoms with Crippen LogP contribution in [0.2, 0.25) is 0 Å². The number of nitrogens with zero attached hydrogens (tertiary/aromatic N) is 1. The Morgan fingerprint density at radius 3 is 3.00 bits per heavy atom. The van der Waals surface area contributed by atoms with Gasteiger partial charge in [0.25, 0.3) is 0 Å². The number of aryl methyl sites for hydroxylation is 1. The van der Waals surface area contributed by atoms with Gasteiger partial charge in [0.05, 0.1) is 6.10 Å². The van der Waals surface area contributed by atoms with Crippen molar-refractivity contribution in [3.05, 3.63) is 29.6 Å². The largest absolute Gasteiger partial charge is 0.387 e. The Balaban J connectivity index is 2.93. The molecule has 1 unspecified atom stereocenters. The van der Waals surface area contributed by atoms with Crippen molar-refractivity contribution in [2.24, 2.45) is 0 Å². The summed E-state index contributed by atoms with van der Waals surface area (Å²) in [6.45, 7) is 1.89. The molecule has 1 heterocycles. The van der Waals surface area contributed by atoms with E-state index in [-0.39, 0.29) is 0 Å². The molecule has 0 aliphatic carbocycles. The van der Waals surface area contributed by atoms with Gasteiger partial charge in [-0.15, -0.1) is 0 Å². The van der Waals surface area contributed by atoms with Crippen molar-refractivity contribution in [1.82, 2.24) is 4.98 Å². The van der Waals surface area contributed by atoms with Crippen molar-refractivity contribution < 1.29 is 5.11 Å². The van der Waals surface area contributed by atoms with Crippen LogP contribution in [-0.2, 0) is 0 Å². The number of hydrogen-bond acceptors (Lipinski definition) is 2. The van der Waals surface area contributed by atoms with Gasteiger partial charge in [-0.1, -0.05) is 22.0 Å². The van der Waals surface area contributed by atoms with E-state index in [4.69, 9.17) is 0 Å². The molecule has 0 aliphatic heterocycles. The quantitative estimate of drug-likeness (QED) is 0.765. The van der Waals surface area contributed by atoms with E-state index in [1.54, 1.807) is 6.20 Å². The maximum Gasteiger partial charge on any atom is 0.0904 e. The molecule has 3 heteroatoms. The van der Waals surface area contributed by atoms with Gasteiger partial charge in [-0.05, 0) is 13.0 Å². The lowest BCUT2D eigenvalue weighted by molar-refractivity contribution is 0.204. The number of hydrogen-bond donors (Lipinski definition) is 1. The average Bonchev–Trinajstić information content (AvgIpc) is 2.04. The van der Waals surface area contributed by atoms with Gasteiger partial charge in [0, 0.05) is 22.8 Å². The zero-order chi connectivity index (χ0) is 8.27. The van der Waals surface area contributed by atoms with E-state index >= 15 is 0 Å². The third-order valence-electron chi connectivity index (χ3n) is 1.55. The summed E-state index contributed by atoms with van der Waals surface area (Å²) >= 11 is 3.21. The molecule has 0 bridgehead atoms. The first-order chi connectivity index (χ1) is 5.25. The van der Waals surface area contributed by atoms with E-state index in [0.29, 0.717) is 5.33 Å². The molecule has 0 radical (unpaired) electrons. The molecule has 1 N–H and O–H groups in total. The van der Waals surface area contributed by atoms with Crippen LogP contribution in [0.5, 0.6) is 0 Å². The summed E-state index contributed by atoms with van der Waals surface area (Å²) in [5, 5.41) is 9.98. The molecule has 60 valence electrons. The predicted octanol–water partition coefficient (Wildman–Crippen LogP) is 1.82. The van der Waals surface area contributed by atoms with E-state index in [1.165, 1.54) is 0 Å². The van der Waals surface area contributed by atoms with Crippen molar-refractivity contribution in [3.63, 3.8) is 0 Å². The second-order valence-electron chi connectivity index (χ2n) is 2.35. The SMILES string of the molecule is Cc1ncccc1C(O)CBr. The zero-order valence-corrected chi connectivity index (χ0v) is 7.87. The molecular weight excluding hydrogens is 206 g/mol. The van der Waals surface area contributed by atoms with Crippen LogP contribution in [0.3, 0.4) is 0 Å². The van der Waals surface area contributed by atoms with E-state index in [0.717, 1.165) is 11.3 Å². The minimum absolute atomic E-state index is 0.441. The molecule has 1 aromatic rings. The van der Waals surface area contributed by atoms with Crippen LogP contribution in [0.15, 0.2) is 18.3 Å². The van der Waals surface area contributed by atoms with Crippen LogP contribution in [0.1, 0.15) is 17.4 Å². The van der Waals surface area contributed by atoms with Gasteiger partial charge < -0.3 is 5.11 Å². The van der Waals surface area contributed by atoms with Crippen molar-refractivity contribution in [2.45, 2.75) is 13.0 Å². The summed E-state index contributed by atoms with van der Waals surface area (Å²) in [4.78, 5) is 4.07. The molecule has 0 amide bonds. The molecule has 0 aliphatic rings. The fourth-order valence-electron chi connectivity index (χ4n) is 0.932. The smallest absolute Gasteiger partial charge is 0.0904 e. The molecule has 1 aromatic heterocycles. The van der Waals surface area contributed by atoms with Crippen LogP contribution >= 0.6 is 15.9 Å². The summed E-state index contributed by atoms with van der Waals surface area (Å²) in [6.07, 6.45) is 1.28. The highest BCUT2D eigenvalue weighted by atomic mass is 79.9. The van der Waals surface area contributed by atoms with Gasteiger partial charge >= 0.3 is 0 Å². The number of aromatic nitrogens is 1. The van der Waals surface area contributed by atoms with Crippen molar-refractivity contribution in [3.8, 4) is 0 Å². The Morgan fingerprint density at radius 2 is 2.45 bits per heavy atom. The van der Waals surface area contributed by atoms with Gasteiger partial charge in [-0.2, -0.15) is 0 Å². The number of aliphatic hydroxyl groups is 1. The highest BCUT2D eigenvalue weighted by Gasteiger charge is 2.07. The Bertz CT molecular complexity index is 239. The third kappa shape index (κ3) is 2.01. The van der Waals surface area contributed by atoms with E-state index in [2.05, 4.69) is 20.9 Å². The predicted molar refractivity (Wildman–Crippen MR) is 47.7 cm³/mol. The van der Waals surface area contributed by atoms with Crippen LogP contribution in [0.4, 0.5) is 0 Å². The topological polar surface area (TPSA) is 33.1 Å². The number of halogens is 1. The highest BCUT2D eigenvalue weighted by Crippen LogP contribution is 2.16. The standard InChI is InChI=1S/C8H10BrNO/c1-6-7(8(11)5-9)3-2-4-10-6/h2-4,8,11H,5H2,1H3. The lowest BCUT2D eigenvalue weighted by atomic mass is 10.1.